The highest BCUT2D eigenvalue weighted by Gasteiger charge is 2.56. The van der Waals surface area contributed by atoms with Crippen molar-refractivity contribution < 1.29 is 36.9 Å². The molecule has 1 unspecified atom stereocenters. The minimum Gasteiger partial charge on any atom is -0.493 e. The number of methoxy groups -OCH3 is 1. The number of halogens is 4. The van der Waals surface area contributed by atoms with Crippen LogP contribution in [-0.2, 0) is 11.1 Å². The van der Waals surface area contributed by atoms with E-state index in [-0.39, 0.29) is 17.4 Å². The third-order valence-corrected chi connectivity index (χ3v) is 7.54. The molecule has 10 heteroatoms. The number of hydrogen-bond acceptors (Lipinski definition) is 6. The van der Waals surface area contributed by atoms with Crippen LogP contribution in [0.1, 0.15) is 66.7 Å². The smallest absolute Gasteiger partial charge is 0.422 e. The highest BCUT2D eigenvalue weighted by Crippen LogP contribution is 2.44. The first-order valence-corrected chi connectivity index (χ1v) is 13.3. The van der Waals surface area contributed by atoms with E-state index in [9.17, 15) is 27.5 Å². The summed E-state index contributed by atoms with van der Waals surface area (Å²) in [6.07, 6.45) is -4.80. The molecule has 0 bridgehead atoms. The standard InChI is InChI=1S/C31H34F4N2O4/c1-18-14-19(6-10-23(18)32)24-16-21(29(2,3)36-4)17-28(37-24)30(39,31(33,34)35)13-12-25(38)20-7-11-26(27(15-20)40-5)41-22-8-9-22/h6-7,10-11,14-17,22,36,39H,8-9,12-13H2,1-5H3. The molecule has 0 radical (unpaired) electrons. The molecule has 220 valence electrons. The Labute approximate surface area is 236 Å². The number of aliphatic hydroxyl groups is 1. The van der Waals surface area contributed by atoms with Crippen molar-refractivity contribution in [2.24, 2.45) is 0 Å². The number of nitrogens with zero attached hydrogens (tertiary/aromatic N) is 1. The largest absolute Gasteiger partial charge is 0.493 e. The Morgan fingerprint density at radius 3 is 2.37 bits per heavy atom. The van der Waals surface area contributed by atoms with Crippen molar-refractivity contribution in [3.63, 3.8) is 0 Å². The van der Waals surface area contributed by atoms with Gasteiger partial charge in [0.05, 0.1) is 24.6 Å². The summed E-state index contributed by atoms with van der Waals surface area (Å²) in [5.41, 5.74) is -3.52. The van der Waals surface area contributed by atoms with Gasteiger partial charge in [-0.15, -0.1) is 0 Å². The number of Topliss-reactive ketones (excluding diaryl/α,β-unsaturated/α-hetero) is 1. The van der Waals surface area contributed by atoms with Crippen LogP contribution >= 0.6 is 0 Å². The van der Waals surface area contributed by atoms with Gasteiger partial charge in [-0.05, 0) is 107 Å². The van der Waals surface area contributed by atoms with E-state index in [4.69, 9.17) is 9.47 Å². The van der Waals surface area contributed by atoms with Crippen LogP contribution in [0.5, 0.6) is 11.5 Å². The normalized spacial score (nSPS) is 15.4. The summed E-state index contributed by atoms with van der Waals surface area (Å²) in [5, 5.41) is 14.3. The van der Waals surface area contributed by atoms with E-state index in [1.165, 1.54) is 43.5 Å². The predicted octanol–water partition coefficient (Wildman–Crippen LogP) is 6.61. The first-order chi connectivity index (χ1) is 19.2. The van der Waals surface area contributed by atoms with Gasteiger partial charge in [-0.3, -0.25) is 4.79 Å². The van der Waals surface area contributed by atoms with Crippen LogP contribution in [0.3, 0.4) is 0 Å². The molecule has 0 aliphatic heterocycles. The number of pyridine rings is 1. The van der Waals surface area contributed by atoms with Crippen LogP contribution in [-0.4, -0.2) is 42.3 Å². The summed E-state index contributed by atoms with van der Waals surface area (Å²) in [7, 11) is 3.07. The van der Waals surface area contributed by atoms with E-state index in [2.05, 4.69) is 10.3 Å². The maximum Gasteiger partial charge on any atom is 0.422 e. The number of carbonyl (C=O) groups excluding carboxylic acids is 1. The van der Waals surface area contributed by atoms with Gasteiger partial charge in [-0.1, -0.05) is 0 Å². The fourth-order valence-electron chi connectivity index (χ4n) is 4.36. The summed E-state index contributed by atoms with van der Waals surface area (Å²) < 4.78 is 68.8. The monoisotopic (exact) mass is 574 g/mol. The molecule has 2 N–H and O–H groups in total. The van der Waals surface area contributed by atoms with Gasteiger partial charge in [0.15, 0.2) is 17.3 Å². The highest BCUT2D eigenvalue weighted by atomic mass is 19.4. The van der Waals surface area contributed by atoms with Crippen LogP contribution in [0.15, 0.2) is 48.5 Å². The molecule has 1 heterocycles. The average molecular weight is 575 g/mol. The zero-order chi connectivity index (χ0) is 30.2. The number of rotatable bonds is 11. The van der Waals surface area contributed by atoms with Crippen LogP contribution in [0, 0.1) is 12.7 Å². The second-order valence-corrected chi connectivity index (χ2v) is 10.9. The Balaban J connectivity index is 1.71. The number of ether oxygens (including phenoxy) is 2. The van der Waals surface area contributed by atoms with Crippen molar-refractivity contribution >= 4 is 5.78 Å². The topological polar surface area (TPSA) is 80.7 Å². The average Bonchev–Trinajstić information content (AvgIpc) is 3.76. The zero-order valence-corrected chi connectivity index (χ0v) is 23.7. The quantitative estimate of drug-likeness (QED) is 0.198. The molecule has 0 spiro atoms. The van der Waals surface area contributed by atoms with Crippen molar-refractivity contribution in [2.75, 3.05) is 14.2 Å². The number of ketones is 1. The number of carbonyl (C=O) groups is 1. The lowest BCUT2D eigenvalue weighted by Crippen LogP contribution is -2.44. The van der Waals surface area contributed by atoms with E-state index in [1.807, 2.05) is 0 Å². The van der Waals surface area contributed by atoms with Crippen LogP contribution < -0.4 is 14.8 Å². The third kappa shape index (κ3) is 6.54. The molecule has 1 aliphatic carbocycles. The number of aromatic nitrogens is 1. The molecule has 1 aromatic heterocycles. The summed E-state index contributed by atoms with van der Waals surface area (Å²) in [6, 6.07) is 11.4. The van der Waals surface area contributed by atoms with Crippen molar-refractivity contribution in [2.45, 2.75) is 69.9 Å². The molecule has 0 amide bonds. The fourth-order valence-corrected chi connectivity index (χ4v) is 4.36. The number of nitrogens with one attached hydrogen (secondary N) is 1. The van der Waals surface area contributed by atoms with Gasteiger partial charge >= 0.3 is 6.18 Å². The minimum atomic E-state index is -5.15. The molecule has 41 heavy (non-hydrogen) atoms. The van der Waals surface area contributed by atoms with E-state index < -0.39 is 47.5 Å². The van der Waals surface area contributed by atoms with E-state index in [0.717, 1.165) is 12.8 Å². The van der Waals surface area contributed by atoms with E-state index >= 15 is 0 Å². The lowest BCUT2D eigenvalue weighted by atomic mass is 9.86. The van der Waals surface area contributed by atoms with Gasteiger partial charge in [0, 0.05) is 23.1 Å². The zero-order valence-electron chi connectivity index (χ0n) is 23.7. The summed E-state index contributed by atoms with van der Waals surface area (Å²) in [6.45, 7) is 5.08. The molecule has 4 rings (SSSR count). The first kappa shape index (κ1) is 30.5. The number of benzene rings is 2. The maximum atomic E-state index is 14.6. The Morgan fingerprint density at radius 2 is 1.78 bits per heavy atom. The van der Waals surface area contributed by atoms with Gasteiger partial charge in [0.2, 0.25) is 5.60 Å². The summed E-state index contributed by atoms with van der Waals surface area (Å²) >= 11 is 0. The van der Waals surface area contributed by atoms with Gasteiger partial charge in [-0.25, -0.2) is 9.37 Å². The van der Waals surface area contributed by atoms with Crippen LogP contribution in [0.2, 0.25) is 0 Å². The Kier molecular flexibility index (Phi) is 8.47. The fraction of sp³-hybridized carbons (Fsp3) is 0.419. The molecule has 2 aromatic carbocycles. The first-order valence-electron chi connectivity index (χ1n) is 13.3. The molecule has 3 aromatic rings. The predicted molar refractivity (Wildman–Crippen MR) is 147 cm³/mol. The molecule has 0 saturated heterocycles. The van der Waals surface area contributed by atoms with Gasteiger partial charge < -0.3 is 19.9 Å². The molecule has 1 fully saturated rings. The Hall–Kier alpha value is -3.50. The number of hydrogen-bond donors (Lipinski definition) is 2. The Morgan fingerprint density at radius 1 is 1.07 bits per heavy atom. The van der Waals surface area contributed by atoms with Crippen molar-refractivity contribution in [1.82, 2.24) is 10.3 Å². The van der Waals surface area contributed by atoms with Crippen LogP contribution in [0.4, 0.5) is 17.6 Å². The SMILES string of the molecule is CNC(C)(C)c1cc(-c2ccc(F)c(C)c2)nc(C(O)(CCC(=O)c2ccc(OC3CC3)c(OC)c2)C(F)(F)F)c1. The lowest BCUT2D eigenvalue weighted by Gasteiger charge is -2.32. The summed E-state index contributed by atoms with van der Waals surface area (Å²) in [4.78, 5) is 17.3. The van der Waals surface area contributed by atoms with Crippen molar-refractivity contribution in [1.29, 1.82) is 0 Å². The van der Waals surface area contributed by atoms with Gasteiger partial charge in [0.1, 0.15) is 5.82 Å². The molecule has 1 aliphatic rings. The van der Waals surface area contributed by atoms with Crippen LogP contribution in [0.25, 0.3) is 11.3 Å². The second kappa shape index (κ2) is 11.4. The Bertz CT molecular complexity index is 1440. The molecule has 6 nitrogen and oxygen atoms in total. The van der Waals surface area contributed by atoms with E-state index in [0.29, 0.717) is 28.2 Å². The molecule has 1 saturated carbocycles. The lowest BCUT2D eigenvalue weighted by molar-refractivity contribution is -0.270. The summed E-state index contributed by atoms with van der Waals surface area (Å²) in [5.74, 6) is -0.313. The minimum absolute atomic E-state index is 0.0899. The molecular weight excluding hydrogens is 540 g/mol. The van der Waals surface area contributed by atoms with Gasteiger partial charge in [0.25, 0.3) is 0 Å². The number of aryl methyl sites for hydroxylation is 1. The second-order valence-electron chi connectivity index (χ2n) is 10.9. The molecule has 1 atom stereocenters. The van der Waals surface area contributed by atoms with Gasteiger partial charge in [-0.2, -0.15) is 13.2 Å². The van der Waals surface area contributed by atoms with Crippen molar-refractivity contribution in [3.8, 4) is 22.8 Å². The number of alkyl halides is 3. The third-order valence-electron chi connectivity index (χ3n) is 7.54. The highest BCUT2D eigenvalue weighted by molar-refractivity contribution is 5.96. The van der Waals surface area contributed by atoms with E-state index in [1.54, 1.807) is 40.0 Å². The molecular formula is C31H34F4N2O4. The van der Waals surface area contributed by atoms with Crippen molar-refractivity contribution in [3.05, 3.63) is 76.7 Å². The maximum absolute atomic E-state index is 14.6.